The molecule has 0 aliphatic heterocycles. The molecule has 2 fully saturated rings. The number of aliphatic carboxylic acids is 1. The molecule has 0 aromatic rings. The molecule has 2 aliphatic rings. The number of carboxylic acids is 1. The molecule has 0 aromatic carbocycles. The molecule has 0 heterocycles. The molecule has 0 atom stereocenters. The second-order valence-electron chi connectivity index (χ2n) is 7.00. The van der Waals surface area contributed by atoms with Crippen molar-refractivity contribution in [3.63, 3.8) is 0 Å². The first kappa shape index (κ1) is 25.4. The molecule has 0 unspecified atom stereocenters. The number of carboxylic acid groups (broad SMARTS) is 1. The van der Waals surface area contributed by atoms with Crippen LogP contribution in [0.3, 0.4) is 0 Å². The Hall–Kier alpha value is 0.340. The Balaban J connectivity index is 0.000000271. The lowest BCUT2D eigenvalue weighted by Gasteiger charge is -2.24. The zero-order valence-electron chi connectivity index (χ0n) is 15.3. The van der Waals surface area contributed by atoms with Gasteiger partial charge in [0.15, 0.2) is 0 Å². The number of allylic oxidation sites excluding steroid dienone is 2. The average molecular weight is 638 g/mol. The van der Waals surface area contributed by atoms with E-state index in [9.17, 15) is 9.59 Å². The smallest absolute Gasteiger partial charge is 0.308 e. The Morgan fingerprint density at radius 3 is 1.44 bits per heavy atom. The highest BCUT2D eigenvalue weighted by Crippen LogP contribution is 2.33. The van der Waals surface area contributed by atoms with E-state index >= 15 is 0 Å². The van der Waals surface area contributed by atoms with E-state index < -0.39 is 5.97 Å². The molecule has 0 amide bonds. The highest BCUT2D eigenvalue weighted by molar-refractivity contribution is 9.28. The predicted molar refractivity (Wildman–Crippen MR) is 122 cm³/mol. The Morgan fingerprint density at radius 2 is 1.15 bits per heavy atom. The van der Waals surface area contributed by atoms with Gasteiger partial charge >= 0.3 is 11.9 Å². The number of rotatable bonds is 4. The Kier molecular flexibility index (Phi) is 12.7. The number of hydrogen-bond donors (Lipinski definition) is 1. The zero-order valence-corrected chi connectivity index (χ0v) is 21.6. The molecule has 0 radical (unpaired) electrons. The van der Waals surface area contributed by atoms with Crippen molar-refractivity contribution in [1.82, 2.24) is 0 Å². The highest BCUT2D eigenvalue weighted by atomic mass is 79.9. The minimum Gasteiger partial charge on any atom is -0.481 e. The molecule has 2 aliphatic carbocycles. The maximum absolute atomic E-state index is 11.2. The van der Waals surface area contributed by atoms with Crippen LogP contribution in [-0.2, 0) is 14.3 Å². The van der Waals surface area contributed by atoms with Gasteiger partial charge in [-0.15, -0.1) is 0 Å². The summed E-state index contributed by atoms with van der Waals surface area (Å²) in [7, 11) is 1.46. The van der Waals surface area contributed by atoms with Crippen LogP contribution in [0.25, 0.3) is 0 Å². The molecular formula is C19H26Br4O4. The minimum absolute atomic E-state index is 0.0506. The van der Waals surface area contributed by atoms with Gasteiger partial charge in [-0.2, -0.15) is 0 Å². The van der Waals surface area contributed by atoms with E-state index in [-0.39, 0.29) is 17.8 Å². The zero-order chi connectivity index (χ0) is 20.4. The normalized spacial score (nSPS) is 27.4. The maximum Gasteiger partial charge on any atom is 0.308 e. The van der Waals surface area contributed by atoms with E-state index in [0.29, 0.717) is 11.8 Å². The molecule has 27 heavy (non-hydrogen) atoms. The minimum atomic E-state index is -0.639. The van der Waals surface area contributed by atoms with Crippen LogP contribution < -0.4 is 0 Å². The number of hydrogen-bond acceptors (Lipinski definition) is 3. The fourth-order valence-corrected chi connectivity index (χ4v) is 5.07. The number of carbonyl (C=O) groups excluding carboxylic acids is 1. The van der Waals surface area contributed by atoms with Crippen LogP contribution in [-0.4, -0.2) is 24.2 Å². The van der Waals surface area contributed by atoms with Crippen LogP contribution in [0.15, 0.2) is 18.9 Å². The van der Waals surface area contributed by atoms with Gasteiger partial charge in [-0.3, -0.25) is 9.59 Å². The fraction of sp³-hybridized carbons (Fsp3) is 0.684. The molecule has 4 nitrogen and oxygen atoms in total. The first-order chi connectivity index (χ1) is 12.7. The van der Waals surface area contributed by atoms with Gasteiger partial charge in [0, 0.05) is 0 Å². The van der Waals surface area contributed by atoms with Crippen LogP contribution in [0.2, 0.25) is 0 Å². The largest absolute Gasteiger partial charge is 0.481 e. The molecule has 2 rings (SSSR count). The molecular weight excluding hydrogens is 612 g/mol. The first-order valence-electron chi connectivity index (χ1n) is 9.09. The number of carbonyl (C=O) groups is 2. The SMILES string of the molecule is COC(=O)C1CCC(C=C(Br)Br)CC1.O=C(O)[C@H]1CC[C@@H](C=C(Br)Br)CC1. The summed E-state index contributed by atoms with van der Waals surface area (Å²) in [5.41, 5.74) is 0. The second kappa shape index (κ2) is 13.5. The van der Waals surface area contributed by atoms with E-state index in [0.717, 1.165) is 58.1 Å². The third-order valence-corrected chi connectivity index (χ3v) is 6.21. The third-order valence-electron chi connectivity index (χ3n) is 5.15. The topological polar surface area (TPSA) is 63.6 Å². The van der Waals surface area contributed by atoms with E-state index in [1.165, 1.54) is 7.11 Å². The van der Waals surface area contributed by atoms with Crippen LogP contribution in [0, 0.1) is 23.7 Å². The Bertz CT molecular complexity index is 538. The van der Waals surface area contributed by atoms with Gasteiger partial charge in [-0.25, -0.2) is 0 Å². The van der Waals surface area contributed by atoms with Crippen molar-refractivity contribution in [3.8, 4) is 0 Å². The average Bonchev–Trinajstić information content (AvgIpc) is 2.61. The summed E-state index contributed by atoms with van der Waals surface area (Å²) < 4.78 is 6.71. The standard InChI is InChI=1S/C10H14Br2O2.C9H12Br2O2/c1-14-10(13)8-4-2-7(3-5-8)6-9(11)12;10-8(11)5-6-1-3-7(4-2-6)9(12)13/h6-8H,2-5H2,1H3;5-7H,1-4H2,(H,12,13)/t;6-,7+. The lowest BCUT2D eigenvalue weighted by Crippen LogP contribution is -2.22. The van der Waals surface area contributed by atoms with Gasteiger partial charge in [0.05, 0.1) is 25.7 Å². The van der Waals surface area contributed by atoms with Crippen molar-refractivity contribution in [2.24, 2.45) is 23.7 Å². The summed E-state index contributed by atoms with van der Waals surface area (Å²) in [5, 5.41) is 8.77. The van der Waals surface area contributed by atoms with Gasteiger partial charge in [0.1, 0.15) is 0 Å². The van der Waals surface area contributed by atoms with E-state index in [4.69, 9.17) is 9.84 Å². The molecule has 2 saturated carbocycles. The van der Waals surface area contributed by atoms with Gasteiger partial charge in [-0.05, 0) is 127 Å². The fourth-order valence-electron chi connectivity index (χ4n) is 3.58. The van der Waals surface area contributed by atoms with Crippen LogP contribution in [0.5, 0.6) is 0 Å². The van der Waals surface area contributed by atoms with Crippen LogP contribution >= 0.6 is 63.7 Å². The number of halogens is 4. The van der Waals surface area contributed by atoms with Crippen molar-refractivity contribution in [2.45, 2.75) is 51.4 Å². The Labute approximate surface area is 195 Å². The predicted octanol–water partition coefficient (Wildman–Crippen LogP) is 7.11. The van der Waals surface area contributed by atoms with Crippen molar-refractivity contribution in [2.75, 3.05) is 7.11 Å². The summed E-state index contributed by atoms with van der Waals surface area (Å²) in [6, 6.07) is 0. The number of esters is 1. The van der Waals surface area contributed by atoms with Crippen LogP contribution in [0.4, 0.5) is 0 Å². The summed E-state index contributed by atoms with van der Waals surface area (Å²) in [5.74, 6) is 0.442. The van der Waals surface area contributed by atoms with Crippen molar-refractivity contribution in [3.05, 3.63) is 18.9 Å². The molecule has 154 valence electrons. The summed E-state index contributed by atoms with van der Waals surface area (Å²) in [6.45, 7) is 0. The van der Waals surface area contributed by atoms with E-state index in [1.807, 2.05) is 0 Å². The van der Waals surface area contributed by atoms with Crippen molar-refractivity contribution >= 4 is 75.7 Å². The lowest BCUT2D eigenvalue weighted by atomic mass is 9.82. The summed E-state index contributed by atoms with van der Waals surface area (Å²) in [6.07, 6.45) is 11.9. The molecule has 0 spiro atoms. The Morgan fingerprint density at radius 1 is 0.778 bits per heavy atom. The molecule has 8 heteroatoms. The van der Waals surface area contributed by atoms with Crippen molar-refractivity contribution < 1.29 is 19.4 Å². The summed E-state index contributed by atoms with van der Waals surface area (Å²) in [4.78, 5) is 21.9. The van der Waals surface area contributed by atoms with E-state index in [1.54, 1.807) is 0 Å². The molecule has 0 saturated heterocycles. The molecule has 1 N–H and O–H groups in total. The van der Waals surface area contributed by atoms with Gasteiger partial charge < -0.3 is 9.84 Å². The van der Waals surface area contributed by atoms with E-state index in [2.05, 4.69) is 75.9 Å². The third kappa shape index (κ3) is 10.6. The van der Waals surface area contributed by atoms with Gasteiger partial charge in [-0.1, -0.05) is 12.2 Å². The van der Waals surface area contributed by atoms with Crippen LogP contribution in [0.1, 0.15) is 51.4 Å². The van der Waals surface area contributed by atoms with Crippen molar-refractivity contribution in [1.29, 1.82) is 0 Å². The lowest BCUT2D eigenvalue weighted by molar-refractivity contribution is -0.146. The first-order valence-corrected chi connectivity index (χ1v) is 12.3. The van der Waals surface area contributed by atoms with Gasteiger partial charge in [0.2, 0.25) is 0 Å². The number of methoxy groups -OCH3 is 1. The molecule has 0 aromatic heterocycles. The second-order valence-corrected chi connectivity index (χ2v) is 12.5. The summed E-state index contributed by atoms with van der Waals surface area (Å²) >= 11 is 13.3. The number of ether oxygens (including phenoxy) is 1. The quantitative estimate of drug-likeness (QED) is 0.334. The monoisotopic (exact) mass is 634 g/mol. The molecule has 0 bridgehead atoms. The maximum atomic E-state index is 11.2. The highest BCUT2D eigenvalue weighted by Gasteiger charge is 2.26. The van der Waals surface area contributed by atoms with Gasteiger partial charge in [0.25, 0.3) is 0 Å².